The molecule has 0 spiro atoms. The van der Waals surface area contributed by atoms with Gasteiger partial charge in [-0.1, -0.05) is 17.7 Å². The van der Waals surface area contributed by atoms with Gasteiger partial charge < -0.3 is 15.4 Å². The molecule has 0 amide bonds. The average Bonchev–Trinajstić information content (AvgIpc) is 2.61. The Labute approximate surface area is 150 Å². The summed E-state index contributed by atoms with van der Waals surface area (Å²) in [5.74, 6) is 1.94. The zero-order valence-corrected chi connectivity index (χ0v) is 15.7. The molecule has 1 aromatic rings. The number of morpholine rings is 1. The molecule has 0 bridgehead atoms. The van der Waals surface area contributed by atoms with Crippen molar-refractivity contribution in [2.75, 3.05) is 58.2 Å². The van der Waals surface area contributed by atoms with Crippen molar-refractivity contribution in [3.8, 4) is 0 Å². The summed E-state index contributed by atoms with van der Waals surface area (Å²) >= 11 is 1.87. The van der Waals surface area contributed by atoms with Crippen LogP contribution in [-0.2, 0) is 4.74 Å². The van der Waals surface area contributed by atoms with Crippen LogP contribution in [0.1, 0.15) is 12.5 Å². The topological polar surface area (TPSA) is 48.9 Å². The summed E-state index contributed by atoms with van der Waals surface area (Å²) < 4.78 is 5.37. The smallest absolute Gasteiger partial charge is 0.191 e. The third-order valence-corrected chi connectivity index (χ3v) is 4.83. The second-order valence-electron chi connectivity index (χ2n) is 5.80. The largest absolute Gasteiger partial charge is 0.379 e. The van der Waals surface area contributed by atoms with Crippen LogP contribution in [-0.4, -0.2) is 69.1 Å². The van der Waals surface area contributed by atoms with Crippen molar-refractivity contribution < 1.29 is 4.74 Å². The fraction of sp³-hybridized carbons (Fsp3) is 0.611. The van der Waals surface area contributed by atoms with Crippen LogP contribution in [0.4, 0.5) is 0 Å². The monoisotopic (exact) mass is 350 g/mol. The highest BCUT2D eigenvalue weighted by molar-refractivity contribution is 7.99. The SMILES string of the molecule is CCNC(=NCCN1CCOCC1)NCCSc1ccc(C)cc1. The van der Waals surface area contributed by atoms with Crippen LogP contribution in [0.2, 0.25) is 0 Å². The first kappa shape index (κ1) is 19.1. The molecule has 0 unspecified atom stereocenters. The summed E-state index contributed by atoms with van der Waals surface area (Å²) in [4.78, 5) is 8.39. The Morgan fingerprint density at radius 3 is 2.67 bits per heavy atom. The van der Waals surface area contributed by atoms with Crippen molar-refractivity contribution in [2.24, 2.45) is 4.99 Å². The van der Waals surface area contributed by atoms with Crippen molar-refractivity contribution >= 4 is 17.7 Å². The van der Waals surface area contributed by atoms with Gasteiger partial charge in [0, 0.05) is 43.4 Å². The van der Waals surface area contributed by atoms with Gasteiger partial charge in [0.05, 0.1) is 19.8 Å². The standard InChI is InChI=1S/C18H30N4OS/c1-3-19-18(20-8-10-22-11-13-23-14-12-22)21-9-15-24-17-6-4-16(2)5-7-17/h4-7H,3,8-15H2,1-2H3,(H2,19,20,21). The average molecular weight is 351 g/mol. The Balaban J connectivity index is 1.65. The zero-order chi connectivity index (χ0) is 17.0. The zero-order valence-electron chi connectivity index (χ0n) is 14.9. The molecule has 1 saturated heterocycles. The molecule has 6 heteroatoms. The van der Waals surface area contributed by atoms with Crippen LogP contribution >= 0.6 is 11.8 Å². The van der Waals surface area contributed by atoms with Gasteiger partial charge in [0.25, 0.3) is 0 Å². The molecule has 5 nitrogen and oxygen atoms in total. The number of guanidine groups is 1. The lowest BCUT2D eigenvalue weighted by Gasteiger charge is -2.25. The van der Waals surface area contributed by atoms with Crippen molar-refractivity contribution in [2.45, 2.75) is 18.7 Å². The lowest BCUT2D eigenvalue weighted by molar-refractivity contribution is 0.0394. The normalized spacial score (nSPS) is 16.2. The molecule has 1 heterocycles. The first-order valence-electron chi connectivity index (χ1n) is 8.79. The minimum atomic E-state index is 0.820. The van der Waals surface area contributed by atoms with Crippen LogP contribution in [0.15, 0.2) is 34.2 Å². The summed E-state index contributed by atoms with van der Waals surface area (Å²) in [7, 11) is 0. The quantitative estimate of drug-likeness (QED) is 0.325. The summed E-state index contributed by atoms with van der Waals surface area (Å²) in [6.45, 7) is 11.6. The lowest BCUT2D eigenvalue weighted by Crippen LogP contribution is -2.40. The third-order valence-electron chi connectivity index (χ3n) is 3.82. The maximum atomic E-state index is 5.37. The van der Waals surface area contributed by atoms with Gasteiger partial charge in [0.2, 0.25) is 0 Å². The van der Waals surface area contributed by atoms with E-state index in [1.807, 2.05) is 11.8 Å². The third kappa shape index (κ3) is 7.55. The number of nitrogens with zero attached hydrogens (tertiary/aromatic N) is 2. The molecule has 1 aromatic carbocycles. The van der Waals surface area contributed by atoms with Crippen molar-refractivity contribution in [3.05, 3.63) is 29.8 Å². The second kappa shape index (κ2) is 11.3. The summed E-state index contributed by atoms with van der Waals surface area (Å²) in [5.41, 5.74) is 1.30. The molecule has 134 valence electrons. The van der Waals surface area contributed by atoms with Gasteiger partial charge in [-0.3, -0.25) is 9.89 Å². The van der Waals surface area contributed by atoms with E-state index in [0.717, 1.165) is 64.2 Å². The minimum Gasteiger partial charge on any atom is -0.379 e. The van der Waals surface area contributed by atoms with Crippen LogP contribution in [0.25, 0.3) is 0 Å². The van der Waals surface area contributed by atoms with Gasteiger partial charge in [-0.2, -0.15) is 0 Å². The number of rotatable bonds is 8. The Morgan fingerprint density at radius 2 is 1.96 bits per heavy atom. The summed E-state index contributed by atoms with van der Waals surface area (Å²) in [6.07, 6.45) is 0. The molecule has 2 rings (SSSR count). The van der Waals surface area contributed by atoms with E-state index in [1.54, 1.807) is 0 Å². The maximum absolute atomic E-state index is 5.37. The molecular weight excluding hydrogens is 320 g/mol. The van der Waals surface area contributed by atoms with Crippen LogP contribution < -0.4 is 10.6 Å². The van der Waals surface area contributed by atoms with Gasteiger partial charge >= 0.3 is 0 Å². The van der Waals surface area contributed by atoms with Gasteiger partial charge in [-0.25, -0.2) is 0 Å². The number of ether oxygens (including phenoxy) is 1. The maximum Gasteiger partial charge on any atom is 0.191 e. The molecule has 2 N–H and O–H groups in total. The number of hydrogen-bond acceptors (Lipinski definition) is 4. The molecular formula is C18H30N4OS. The number of thioether (sulfide) groups is 1. The number of hydrogen-bond donors (Lipinski definition) is 2. The van der Waals surface area contributed by atoms with E-state index < -0.39 is 0 Å². The van der Waals surface area contributed by atoms with Gasteiger partial charge in [0.15, 0.2) is 5.96 Å². The van der Waals surface area contributed by atoms with E-state index in [-0.39, 0.29) is 0 Å². The Morgan fingerprint density at radius 1 is 1.21 bits per heavy atom. The molecule has 0 saturated carbocycles. The molecule has 0 atom stereocenters. The van der Waals surface area contributed by atoms with Gasteiger partial charge in [-0.15, -0.1) is 11.8 Å². The summed E-state index contributed by atoms with van der Waals surface area (Å²) in [6, 6.07) is 8.68. The number of aryl methyl sites for hydroxylation is 1. The fourth-order valence-corrected chi connectivity index (χ4v) is 3.21. The predicted octanol–water partition coefficient (Wildman–Crippen LogP) is 1.97. The molecule has 24 heavy (non-hydrogen) atoms. The second-order valence-corrected chi connectivity index (χ2v) is 6.97. The van der Waals surface area contributed by atoms with Crippen molar-refractivity contribution in [1.82, 2.24) is 15.5 Å². The molecule has 0 radical (unpaired) electrons. The van der Waals surface area contributed by atoms with Crippen LogP contribution in [0.5, 0.6) is 0 Å². The van der Waals surface area contributed by atoms with E-state index in [1.165, 1.54) is 10.5 Å². The first-order valence-corrected chi connectivity index (χ1v) is 9.78. The molecule has 0 aromatic heterocycles. The fourth-order valence-electron chi connectivity index (χ4n) is 2.44. The van der Waals surface area contributed by atoms with E-state index in [0.29, 0.717) is 0 Å². The highest BCUT2D eigenvalue weighted by Crippen LogP contribution is 2.17. The lowest BCUT2D eigenvalue weighted by atomic mass is 10.2. The minimum absolute atomic E-state index is 0.820. The first-order chi connectivity index (χ1) is 11.8. The van der Waals surface area contributed by atoms with Crippen molar-refractivity contribution in [3.63, 3.8) is 0 Å². The van der Waals surface area contributed by atoms with E-state index in [9.17, 15) is 0 Å². The Bertz CT molecular complexity index is 486. The Kier molecular flexibility index (Phi) is 9.02. The van der Waals surface area contributed by atoms with E-state index in [2.05, 4.69) is 58.6 Å². The van der Waals surface area contributed by atoms with Crippen molar-refractivity contribution in [1.29, 1.82) is 0 Å². The Hall–Kier alpha value is -1.24. The number of nitrogens with one attached hydrogen (secondary N) is 2. The molecule has 0 aliphatic carbocycles. The van der Waals surface area contributed by atoms with Crippen LogP contribution in [0.3, 0.4) is 0 Å². The molecule has 1 aliphatic rings. The summed E-state index contributed by atoms with van der Waals surface area (Å²) in [5, 5.41) is 6.73. The molecule has 1 aliphatic heterocycles. The van der Waals surface area contributed by atoms with Gasteiger partial charge in [0.1, 0.15) is 0 Å². The van der Waals surface area contributed by atoms with E-state index >= 15 is 0 Å². The predicted molar refractivity (Wildman–Crippen MR) is 103 cm³/mol. The van der Waals surface area contributed by atoms with Crippen LogP contribution in [0, 0.1) is 6.92 Å². The van der Waals surface area contributed by atoms with E-state index in [4.69, 9.17) is 4.74 Å². The number of aliphatic imine (C=N–C) groups is 1. The number of benzene rings is 1. The molecule has 1 fully saturated rings. The highest BCUT2D eigenvalue weighted by atomic mass is 32.2. The highest BCUT2D eigenvalue weighted by Gasteiger charge is 2.09. The van der Waals surface area contributed by atoms with Gasteiger partial charge in [-0.05, 0) is 26.0 Å².